The van der Waals surface area contributed by atoms with Gasteiger partial charge < -0.3 is 36.8 Å². The lowest BCUT2D eigenvalue weighted by molar-refractivity contribution is -0.142. The topological polar surface area (TPSA) is 206 Å². The standard InChI is InChI=1S/C25H37N5O8/c1-15(2)22(30-20(32)7-4-8-21(33)34)24(36)29-19(6-5-13-27-25(26)37)23(35)28-18-11-9-17(10-12-18)14-38-16(3)31/h9-12,15,19,22H,4-8,13-14H2,1-3H3,(H,28,35)(H,29,36)(H,30,32)(H,33,34)(H3,26,27,37)/t19-,22?/m0/s1. The van der Waals surface area contributed by atoms with E-state index in [-0.39, 0.29) is 44.8 Å². The number of carbonyl (C=O) groups excluding carboxylic acids is 5. The van der Waals surface area contributed by atoms with Crippen LogP contribution in [0.25, 0.3) is 0 Å². The molecule has 1 aromatic rings. The summed E-state index contributed by atoms with van der Waals surface area (Å²) in [6, 6.07) is 3.94. The van der Waals surface area contributed by atoms with Crippen molar-refractivity contribution in [2.75, 3.05) is 11.9 Å². The van der Waals surface area contributed by atoms with Gasteiger partial charge in [-0.15, -0.1) is 0 Å². The van der Waals surface area contributed by atoms with E-state index in [1.165, 1.54) is 6.92 Å². The van der Waals surface area contributed by atoms with Gasteiger partial charge in [0.1, 0.15) is 18.7 Å². The minimum absolute atomic E-state index is 0.0566. The Morgan fingerprint density at radius 2 is 1.61 bits per heavy atom. The minimum atomic E-state index is -1.02. The number of nitrogens with two attached hydrogens (primary N) is 1. The average Bonchev–Trinajstić information content (AvgIpc) is 2.83. The minimum Gasteiger partial charge on any atom is -0.481 e. The lowest BCUT2D eigenvalue weighted by Crippen LogP contribution is -2.54. The quantitative estimate of drug-likeness (QED) is 0.133. The Morgan fingerprint density at radius 3 is 2.16 bits per heavy atom. The van der Waals surface area contributed by atoms with Gasteiger partial charge >= 0.3 is 18.0 Å². The molecule has 0 heterocycles. The van der Waals surface area contributed by atoms with Gasteiger partial charge in [-0.05, 0) is 42.9 Å². The third-order valence-electron chi connectivity index (χ3n) is 5.33. The van der Waals surface area contributed by atoms with Crippen LogP contribution in [0.2, 0.25) is 0 Å². The maximum absolute atomic E-state index is 13.1. The van der Waals surface area contributed by atoms with Crippen LogP contribution in [0.15, 0.2) is 24.3 Å². The number of carboxylic acid groups (broad SMARTS) is 1. The van der Waals surface area contributed by atoms with Crippen LogP contribution in [0, 0.1) is 5.92 Å². The Hall–Kier alpha value is -4.16. The summed E-state index contributed by atoms with van der Waals surface area (Å²) in [6.07, 6.45) is 0.401. The van der Waals surface area contributed by atoms with Gasteiger partial charge in [0.2, 0.25) is 17.7 Å². The molecule has 0 aromatic heterocycles. The molecule has 0 aliphatic heterocycles. The fourth-order valence-electron chi connectivity index (χ4n) is 3.33. The van der Waals surface area contributed by atoms with Crippen molar-refractivity contribution >= 4 is 41.4 Å². The van der Waals surface area contributed by atoms with Gasteiger partial charge in [0.15, 0.2) is 0 Å². The van der Waals surface area contributed by atoms with Crippen molar-refractivity contribution in [3.05, 3.63) is 29.8 Å². The van der Waals surface area contributed by atoms with Crippen LogP contribution < -0.4 is 27.0 Å². The highest BCUT2D eigenvalue weighted by atomic mass is 16.5. The van der Waals surface area contributed by atoms with E-state index in [9.17, 15) is 28.8 Å². The van der Waals surface area contributed by atoms with Crippen molar-refractivity contribution in [2.45, 2.75) is 71.6 Å². The average molecular weight is 536 g/mol. The van der Waals surface area contributed by atoms with E-state index >= 15 is 0 Å². The Kier molecular flexibility index (Phi) is 13.9. The van der Waals surface area contributed by atoms with Crippen molar-refractivity contribution in [3.63, 3.8) is 0 Å². The molecule has 1 aromatic carbocycles. The number of carbonyl (C=O) groups is 6. The SMILES string of the molecule is CC(=O)OCc1ccc(NC(=O)[C@H](CCCNC(N)=O)NC(=O)C(NC(=O)CCCC(=O)O)C(C)C)cc1. The second kappa shape index (κ2) is 16.6. The number of carboxylic acids is 1. The second-order valence-corrected chi connectivity index (χ2v) is 9.00. The number of hydrogen-bond acceptors (Lipinski definition) is 7. The molecule has 210 valence electrons. The Morgan fingerprint density at radius 1 is 0.947 bits per heavy atom. The van der Waals surface area contributed by atoms with Crippen LogP contribution in [-0.4, -0.2) is 59.4 Å². The van der Waals surface area contributed by atoms with Crippen molar-refractivity contribution in [2.24, 2.45) is 11.7 Å². The van der Waals surface area contributed by atoms with Gasteiger partial charge in [0.25, 0.3) is 0 Å². The maximum Gasteiger partial charge on any atom is 0.312 e. The highest BCUT2D eigenvalue weighted by Gasteiger charge is 2.28. The largest absolute Gasteiger partial charge is 0.481 e. The zero-order valence-corrected chi connectivity index (χ0v) is 21.9. The van der Waals surface area contributed by atoms with Crippen LogP contribution in [0.4, 0.5) is 10.5 Å². The number of esters is 1. The first kappa shape index (κ1) is 31.9. The number of primary amides is 1. The maximum atomic E-state index is 13.1. The zero-order valence-electron chi connectivity index (χ0n) is 21.9. The molecule has 1 rings (SSSR count). The molecule has 0 fully saturated rings. The van der Waals surface area contributed by atoms with Crippen LogP contribution in [-0.2, 0) is 35.3 Å². The van der Waals surface area contributed by atoms with E-state index in [1.54, 1.807) is 38.1 Å². The van der Waals surface area contributed by atoms with Crippen molar-refractivity contribution in [1.29, 1.82) is 0 Å². The molecule has 0 radical (unpaired) electrons. The number of amides is 5. The molecule has 0 aliphatic rings. The Balaban J connectivity index is 2.88. The molecule has 13 nitrogen and oxygen atoms in total. The molecule has 38 heavy (non-hydrogen) atoms. The molecule has 0 bridgehead atoms. The molecule has 5 amide bonds. The third-order valence-corrected chi connectivity index (χ3v) is 5.33. The van der Waals surface area contributed by atoms with E-state index in [1.807, 2.05) is 0 Å². The monoisotopic (exact) mass is 535 g/mol. The number of aliphatic carboxylic acids is 1. The third kappa shape index (κ3) is 13.2. The van der Waals surface area contributed by atoms with Crippen LogP contribution >= 0.6 is 0 Å². The van der Waals surface area contributed by atoms with Gasteiger partial charge in [0, 0.05) is 32.0 Å². The highest BCUT2D eigenvalue weighted by Crippen LogP contribution is 2.13. The van der Waals surface area contributed by atoms with Crippen molar-refractivity contribution in [3.8, 4) is 0 Å². The molecule has 2 atom stereocenters. The van der Waals surface area contributed by atoms with E-state index in [0.29, 0.717) is 12.1 Å². The first-order valence-electron chi connectivity index (χ1n) is 12.3. The fourth-order valence-corrected chi connectivity index (χ4v) is 3.33. The Labute approximate surface area is 221 Å². The number of nitrogens with one attached hydrogen (secondary N) is 4. The number of ether oxygens (including phenoxy) is 1. The number of rotatable bonds is 16. The van der Waals surface area contributed by atoms with Gasteiger partial charge in [-0.3, -0.25) is 24.0 Å². The molecular weight excluding hydrogens is 498 g/mol. The van der Waals surface area contributed by atoms with E-state index in [2.05, 4.69) is 21.3 Å². The molecule has 1 unspecified atom stereocenters. The predicted molar refractivity (Wildman–Crippen MR) is 138 cm³/mol. The van der Waals surface area contributed by atoms with Crippen molar-refractivity contribution < 1.29 is 38.6 Å². The predicted octanol–water partition coefficient (Wildman–Crippen LogP) is 1.02. The Bertz CT molecular complexity index is 980. The molecule has 13 heteroatoms. The van der Waals surface area contributed by atoms with Crippen LogP contribution in [0.3, 0.4) is 0 Å². The molecule has 0 saturated carbocycles. The summed E-state index contributed by atoms with van der Waals surface area (Å²) in [5.41, 5.74) is 6.24. The lowest BCUT2D eigenvalue weighted by Gasteiger charge is -2.25. The van der Waals surface area contributed by atoms with Crippen molar-refractivity contribution in [1.82, 2.24) is 16.0 Å². The van der Waals surface area contributed by atoms with E-state index in [4.69, 9.17) is 15.6 Å². The summed E-state index contributed by atoms with van der Waals surface area (Å²) >= 11 is 0. The molecule has 0 spiro atoms. The van der Waals surface area contributed by atoms with Gasteiger partial charge in [-0.2, -0.15) is 0 Å². The first-order chi connectivity index (χ1) is 17.9. The van der Waals surface area contributed by atoms with Gasteiger partial charge in [-0.25, -0.2) is 4.79 Å². The number of benzene rings is 1. The fraction of sp³-hybridized carbons (Fsp3) is 0.520. The summed E-state index contributed by atoms with van der Waals surface area (Å²) < 4.78 is 4.94. The number of urea groups is 1. The summed E-state index contributed by atoms with van der Waals surface area (Å²) in [6.45, 7) is 5.04. The number of hydrogen-bond donors (Lipinski definition) is 6. The summed E-state index contributed by atoms with van der Waals surface area (Å²) in [4.78, 5) is 70.9. The van der Waals surface area contributed by atoms with Gasteiger partial charge in [-0.1, -0.05) is 26.0 Å². The summed E-state index contributed by atoms with van der Waals surface area (Å²) in [7, 11) is 0. The lowest BCUT2D eigenvalue weighted by atomic mass is 10.0. The zero-order chi connectivity index (χ0) is 28.7. The molecule has 0 saturated heterocycles. The second-order valence-electron chi connectivity index (χ2n) is 9.00. The number of anilines is 1. The van der Waals surface area contributed by atoms with E-state index < -0.39 is 47.8 Å². The normalized spacial score (nSPS) is 12.1. The summed E-state index contributed by atoms with van der Waals surface area (Å²) in [5, 5.41) is 19.2. The smallest absolute Gasteiger partial charge is 0.312 e. The molecular formula is C25H37N5O8. The van der Waals surface area contributed by atoms with Gasteiger partial charge in [0.05, 0.1) is 0 Å². The molecule has 7 N–H and O–H groups in total. The molecule has 0 aliphatic carbocycles. The first-order valence-corrected chi connectivity index (χ1v) is 12.3. The highest BCUT2D eigenvalue weighted by molar-refractivity contribution is 5.98. The van der Waals surface area contributed by atoms with E-state index in [0.717, 1.165) is 5.56 Å². The summed E-state index contributed by atoms with van der Waals surface area (Å²) in [5.74, 6) is -3.31. The van der Waals surface area contributed by atoms with Crippen LogP contribution in [0.5, 0.6) is 0 Å². The van der Waals surface area contributed by atoms with Crippen LogP contribution in [0.1, 0.15) is 58.4 Å².